The number of hydrogen-bond donors (Lipinski definition) is 2. The fourth-order valence-electron chi connectivity index (χ4n) is 3.00. The summed E-state index contributed by atoms with van der Waals surface area (Å²) < 4.78 is 5.53. The molecule has 1 aliphatic heterocycles. The Kier molecular flexibility index (Phi) is 8.24. The minimum Gasteiger partial charge on any atom is -0.376 e. The van der Waals surface area contributed by atoms with Gasteiger partial charge in [0.2, 0.25) is 5.91 Å². The predicted molar refractivity (Wildman–Crippen MR) is 119 cm³/mol. The van der Waals surface area contributed by atoms with Gasteiger partial charge in [-0.1, -0.05) is 41.4 Å². The van der Waals surface area contributed by atoms with Gasteiger partial charge in [-0.15, -0.1) is 11.8 Å². The Morgan fingerprint density at radius 1 is 1.10 bits per heavy atom. The smallest absolute Gasteiger partial charge is 0.253 e. The van der Waals surface area contributed by atoms with Crippen LogP contribution in [0.25, 0.3) is 0 Å². The van der Waals surface area contributed by atoms with Gasteiger partial charge in [0, 0.05) is 28.9 Å². The summed E-state index contributed by atoms with van der Waals surface area (Å²) in [4.78, 5) is 24.9. The lowest BCUT2D eigenvalue weighted by molar-refractivity contribution is -0.113. The van der Waals surface area contributed by atoms with Gasteiger partial charge in [-0.3, -0.25) is 9.59 Å². The average molecular weight is 453 g/mol. The average Bonchev–Trinajstić information content (AvgIpc) is 3.22. The Labute approximate surface area is 184 Å². The Hall–Kier alpha value is -1.73. The van der Waals surface area contributed by atoms with E-state index in [1.54, 1.807) is 42.5 Å². The zero-order valence-corrected chi connectivity index (χ0v) is 18.1. The van der Waals surface area contributed by atoms with Crippen molar-refractivity contribution in [1.82, 2.24) is 5.32 Å². The molecule has 0 aromatic heterocycles. The number of nitrogens with one attached hydrogen (secondary N) is 2. The van der Waals surface area contributed by atoms with Gasteiger partial charge in [-0.25, -0.2) is 0 Å². The van der Waals surface area contributed by atoms with Crippen LogP contribution in [0.3, 0.4) is 0 Å². The zero-order valence-electron chi connectivity index (χ0n) is 15.8. The Morgan fingerprint density at radius 2 is 1.86 bits per heavy atom. The molecule has 2 amide bonds. The van der Waals surface area contributed by atoms with E-state index < -0.39 is 0 Å². The molecule has 1 aliphatic rings. The van der Waals surface area contributed by atoms with E-state index in [2.05, 4.69) is 10.6 Å². The third kappa shape index (κ3) is 6.37. The van der Waals surface area contributed by atoms with Gasteiger partial charge in [-0.2, -0.15) is 0 Å². The van der Waals surface area contributed by atoms with Crippen molar-refractivity contribution < 1.29 is 14.3 Å². The highest BCUT2D eigenvalue weighted by atomic mass is 35.5. The first-order valence-electron chi connectivity index (χ1n) is 9.34. The number of ether oxygens (including phenoxy) is 1. The highest BCUT2D eigenvalue weighted by molar-refractivity contribution is 7.99. The molecule has 154 valence electrons. The molecule has 0 radical (unpaired) electrons. The van der Waals surface area contributed by atoms with E-state index in [-0.39, 0.29) is 23.7 Å². The quantitative estimate of drug-likeness (QED) is 0.604. The van der Waals surface area contributed by atoms with E-state index in [0.717, 1.165) is 25.0 Å². The number of anilines is 1. The van der Waals surface area contributed by atoms with E-state index in [1.807, 2.05) is 0 Å². The van der Waals surface area contributed by atoms with Crippen LogP contribution in [0.4, 0.5) is 5.69 Å². The summed E-state index contributed by atoms with van der Waals surface area (Å²) in [7, 11) is 0. The maximum absolute atomic E-state index is 12.5. The molecule has 8 heteroatoms. The van der Waals surface area contributed by atoms with Gasteiger partial charge in [0.05, 0.1) is 23.1 Å². The van der Waals surface area contributed by atoms with Crippen molar-refractivity contribution in [3.8, 4) is 0 Å². The van der Waals surface area contributed by atoms with E-state index in [9.17, 15) is 9.59 Å². The van der Waals surface area contributed by atoms with Gasteiger partial charge in [0.15, 0.2) is 0 Å². The molecule has 2 aromatic rings. The van der Waals surface area contributed by atoms with Crippen LogP contribution in [0, 0.1) is 0 Å². The molecular weight excluding hydrogens is 431 g/mol. The Bertz CT molecular complexity index is 853. The van der Waals surface area contributed by atoms with Crippen molar-refractivity contribution in [3.63, 3.8) is 0 Å². The molecule has 0 saturated carbocycles. The fraction of sp³-hybridized carbons (Fsp3) is 0.333. The van der Waals surface area contributed by atoms with Crippen molar-refractivity contribution in [2.45, 2.75) is 24.7 Å². The maximum atomic E-state index is 12.5. The number of para-hydroxylation sites is 1. The number of rotatable bonds is 8. The van der Waals surface area contributed by atoms with Crippen LogP contribution in [0.1, 0.15) is 28.8 Å². The minimum absolute atomic E-state index is 0.0636. The molecule has 3 rings (SSSR count). The molecular formula is C21H22Cl2N2O3S. The van der Waals surface area contributed by atoms with Gasteiger partial charge in [-0.05, 0) is 42.7 Å². The highest BCUT2D eigenvalue weighted by Crippen LogP contribution is 2.28. The van der Waals surface area contributed by atoms with Crippen molar-refractivity contribution in [2.75, 3.05) is 24.2 Å². The standard InChI is InChI=1S/C21H22Cl2N2O3S/c22-17-7-3-8-18(23)16(17)12-29-13-20(26)25-19-9-2-1-6-15(19)21(27)24-11-14-5-4-10-28-14/h1-3,6-9,14H,4-5,10-13H2,(H,24,27)(H,25,26)/t14-/m1/s1. The molecule has 2 N–H and O–H groups in total. The summed E-state index contributed by atoms with van der Waals surface area (Å²) in [5.74, 6) is 0.313. The third-order valence-corrected chi connectivity index (χ3v) is 6.17. The SMILES string of the molecule is O=C(CSCc1c(Cl)cccc1Cl)Nc1ccccc1C(=O)NC[C@H]1CCCO1. The number of carbonyl (C=O) groups excluding carboxylic acids is 2. The van der Waals surface area contributed by atoms with Gasteiger partial charge in [0.25, 0.3) is 5.91 Å². The molecule has 0 unspecified atom stereocenters. The monoisotopic (exact) mass is 452 g/mol. The second-order valence-electron chi connectivity index (χ2n) is 6.63. The number of thioether (sulfide) groups is 1. The molecule has 1 heterocycles. The Morgan fingerprint density at radius 3 is 2.59 bits per heavy atom. The molecule has 29 heavy (non-hydrogen) atoms. The highest BCUT2D eigenvalue weighted by Gasteiger charge is 2.18. The first-order chi connectivity index (χ1) is 14.0. The first kappa shape index (κ1) is 22.0. The number of amides is 2. The largest absolute Gasteiger partial charge is 0.376 e. The van der Waals surface area contributed by atoms with Crippen LogP contribution in [0.2, 0.25) is 10.0 Å². The number of benzene rings is 2. The van der Waals surface area contributed by atoms with Crippen LogP contribution in [0.5, 0.6) is 0 Å². The summed E-state index contributed by atoms with van der Waals surface area (Å²) in [6, 6.07) is 12.3. The van der Waals surface area contributed by atoms with Crippen LogP contribution >= 0.6 is 35.0 Å². The zero-order chi connectivity index (χ0) is 20.6. The Balaban J connectivity index is 1.52. The number of carbonyl (C=O) groups is 2. The van der Waals surface area contributed by atoms with E-state index in [1.165, 1.54) is 11.8 Å². The minimum atomic E-state index is -0.230. The predicted octanol–water partition coefficient (Wildman–Crippen LogP) is 4.77. The van der Waals surface area contributed by atoms with Crippen LogP contribution < -0.4 is 10.6 Å². The molecule has 5 nitrogen and oxygen atoms in total. The molecule has 0 aliphatic carbocycles. The summed E-state index contributed by atoms with van der Waals surface area (Å²) in [6.45, 7) is 1.21. The topological polar surface area (TPSA) is 67.4 Å². The molecule has 1 fully saturated rings. The van der Waals surface area contributed by atoms with Crippen molar-refractivity contribution in [1.29, 1.82) is 0 Å². The van der Waals surface area contributed by atoms with E-state index >= 15 is 0 Å². The second kappa shape index (κ2) is 10.9. The van der Waals surface area contributed by atoms with Crippen LogP contribution in [-0.4, -0.2) is 36.8 Å². The van der Waals surface area contributed by atoms with E-state index in [4.69, 9.17) is 27.9 Å². The second-order valence-corrected chi connectivity index (χ2v) is 8.43. The van der Waals surface area contributed by atoms with Crippen molar-refractivity contribution in [2.24, 2.45) is 0 Å². The first-order valence-corrected chi connectivity index (χ1v) is 11.2. The van der Waals surface area contributed by atoms with Crippen molar-refractivity contribution >= 4 is 52.5 Å². The van der Waals surface area contributed by atoms with Gasteiger partial charge < -0.3 is 15.4 Å². The lowest BCUT2D eigenvalue weighted by atomic mass is 10.1. The summed E-state index contributed by atoms with van der Waals surface area (Å²) in [5.41, 5.74) is 1.72. The van der Waals surface area contributed by atoms with Crippen LogP contribution in [0.15, 0.2) is 42.5 Å². The molecule has 1 saturated heterocycles. The normalized spacial score (nSPS) is 15.9. The summed E-state index contributed by atoms with van der Waals surface area (Å²) >= 11 is 13.7. The summed E-state index contributed by atoms with van der Waals surface area (Å²) in [5, 5.41) is 6.86. The maximum Gasteiger partial charge on any atom is 0.253 e. The molecule has 2 aromatic carbocycles. The third-order valence-electron chi connectivity index (χ3n) is 4.50. The molecule has 0 spiro atoms. The summed E-state index contributed by atoms with van der Waals surface area (Å²) in [6.07, 6.45) is 2.03. The fourth-order valence-corrected chi connectivity index (χ4v) is 4.56. The molecule has 0 bridgehead atoms. The van der Waals surface area contributed by atoms with Crippen LogP contribution in [-0.2, 0) is 15.3 Å². The van der Waals surface area contributed by atoms with Crippen molar-refractivity contribution in [3.05, 3.63) is 63.6 Å². The molecule has 1 atom stereocenters. The lowest BCUT2D eigenvalue weighted by Gasteiger charge is -2.14. The number of halogens is 2. The number of hydrogen-bond acceptors (Lipinski definition) is 4. The van der Waals surface area contributed by atoms with Gasteiger partial charge >= 0.3 is 0 Å². The van der Waals surface area contributed by atoms with E-state index in [0.29, 0.717) is 33.6 Å². The lowest BCUT2D eigenvalue weighted by Crippen LogP contribution is -2.32. The van der Waals surface area contributed by atoms with Gasteiger partial charge in [0.1, 0.15) is 0 Å².